The first kappa shape index (κ1) is 12.3. The van der Waals surface area contributed by atoms with E-state index in [-0.39, 0.29) is 17.9 Å². The number of hydrogen-bond donors (Lipinski definition) is 0. The summed E-state index contributed by atoms with van der Waals surface area (Å²) in [6, 6.07) is 7.01. The third-order valence-corrected chi connectivity index (χ3v) is 3.56. The van der Waals surface area contributed by atoms with Crippen LogP contribution < -0.4 is 0 Å². The van der Waals surface area contributed by atoms with Gasteiger partial charge in [0, 0.05) is 11.4 Å². The highest BCUT2D eigenvalue weighted by molar-refractivity contribution is 9.09. The summed E-state index contributed by atoms with van der Waals surface area (Å²) in [6.45, 7) is 2.00. The van der Waals surface area contributed by atoms with E-state index in [1.807, 2.05) is 6.92 Å². The van der Waals surface area contributed by atoms with Gasteiger partial charge in [-0.1, -0.05) is 35.0 Å². The molecule has 0 aromatic heterocycles. The first-order chi connectivity index (χ1) is 8.20. The summed E-state index contributed by atoms with van der Waals surface area (Å²) in [5, 5.41) is 0.791. The van der Waals surface area contributed by atoms with Gasteiger partial charge < -0.3 is 0 Å². The van der Waals surface area contributed by atoms with Crippen molar-refractivity contribution in [3.63, 3.8) is 0 Å². The average Bonchev–Trinajstić information content (AvgIpc) is 2.61. The minimum atomic E-state index is -0.154. The number of rotatable bonds is 4. The van der Waals surface area contributed by atoms with E-state index >= 15 is 0 Å². The smallest absolute Gasteiger partial charge is 0.261 e. The zero-order chi connectivity index (χ0) is 12.4. The molecular formula is C13H14BrNO2. The molecule has 0 bridgehead atoms. The Hall–Kier alpha value is -1.16. The van der Waals surface area contributed by atoms with Crippen LogP contribution in [0.25, 0.3) is 0 Å². The zero-order valence-electron chi connectivity index (χ0n) is 9.65. The van der Waals surface area contributed by atoms with Gasteiger partial charge in [0.15, 0.2) is 0 Å². The summed E-state index contributed by atoms with van der Waals surface area (Å²) in [5.41, 5.74) is 1.07. The van der Waals surface area contributed by atoms with Gasteiger partial charge in [-0.05, 0) is 25.0 Å². The maximum Gasteiger partial charge on any atom is 0.261 e. The van der Waals surface area contributed by atoms with Gasteiger partial charge in [-0.15, -0.1) is 0 Å². The maximum absolute atomic E-state index is 12.2. The van der Waals surface area contributed by atoms with Crippen LogP contribution in [0.1, 0.15) is 40.5 Å². The highest BCUT2D eigenvalue weighted by Gasteiger charge is 2.38. The summed E-state index contributed by atoms with van der Waals surface area (Å²) in [5.74, 6) is -0.309. The summed E-state index contributed by atoms with van der Waals surface area (Å²) < 4.78 is 0. The number of halogens is 1. The van der Waals surface area contributed by atoms with Crippen molar-refractivity contribution in [2.75, 3.05) is 5.33 Å². The van der Waals surface area contributed by atoms with E-state index in [1.165, 1.54) is 4.90 Å². The summed E-state index contributed by atoms with van der Waals surface area (Å²) in [6.07, 6.45) is 1.58. The molecule has 0 saturated carbocycles. The molecule has 90 valence electrons. The molecule has 1 aliphatic rings. The second-order valence-electron chi connectivity index (χ2n) is 4.07. The molecule has 1 aromatic rings. The van der Waals surface area contributed by atoms with Crippen LogP contribution in [0.5, 0.6) is 0 Å². The standard InChI is InChI=1S/C13H14BrNO2/c1-2-9(7-8-14)15-12(16)10-5-3-4-6-11(10)13(15)17/h3-6,9H,2,7-8H2,1H3/t9-/m1/s1. The van der Waals surface area contributed by atoms with Crippen LogP contribution in [0.4, 0.5) is 0 Å². The van der Waals surface area contributed by atoms with Gasteiger partial charge in [0.25, 0.3) is 11.8 Å². The van der Waals surface area contributed by atoms with Crippen molar-refractivity contribution >= 4 is 27.7 Å². The summed E-state index contributed by atoms with van der Waals surface area (Å²) in [4.78, 5) is 25.8. The molecule has 0 N–H and O–H groups in total. The molecule has 2 rings (SSSR count). The largest absolute Gasteiger partial charge is 0.271 e. The monoisotopic (exact) mass is 295 g/mol. The Morgan fingerprint density at radius 3 is 2.12 bits per heavy atom. The number of benzene rings is 1. The topological polar surface area (TPSA) is 37.4 Å². The predicted octanol–water partition coefficient (Wildman–Crippen LogP) is 2.85. The number of carbonyl (C=O) groups is 2. The van der Waals surface area contributed by atoms with Crippen LogP contribution in [0.15, 0.2) is 24.3 Å². The molecule has 2 amide bonds. The number of imide groups is 1. The van der Waals surface area contributed by atoms with Crippen molar-refractivity contribution < 1.29 is 9.59 Å². The Balaban J connectivity index is 2.35. The third-order valence-electron chi connectivity index (χ3n) is 3.10. The fourth-order valence-corrected chi connectivity index (χ4v) is 2.71. The summed E-state index contributed by atoms with van der Waals surface area (Å²) in [7, 11) is 0. The third kappa shape index (κ3) is 2.02. The van der Waals surface area contributed by atoms with Crippen LogP contribution >= 0.6 is 15.9 Å². The molecule has 0 spiro atoms. The Morgan fingerprint density at radius 1 is 1.18 bits per heavy atom. The number of carbonyl (C=O) groups excluding carboxylic acids is 2. The quantitative estimate of drug-likeness (QED) is 0.633. The van der Waals surface area contributed by atoms with Crippen LogP contribution in [0.3, 0.4) is 0 Å². The number of amides is 2. The number of alkyl halides is 1. The zero-order valence-corrected chi connectivity index (χ0v) is 11.2. The number of nitrogens with zero attached hydrogens (tertiary/aromatic N) is 1. The fourth-order valence-electron chi connectivity index (χ4n) is 2.18. The van der Waals surface area contributed by atoms with E-state index in [0.29, 0.717) is 11.1 Å². The highest BCUT2D eigenvalue weighted by Crippen LogP contribution is 2.26. The molecule has 17 heavy (non-hydrogen) atoms. The Morgan fingerprint density at radius 2 is 1.71 bits per heavy atom. The Bertz CT molecular complexity index is 423. The normalized spacial score (nSPS) is 16.2. The van der Waals surface area contributed by atoms with E-state index < -0.39 is 0 Å². The molecule has 1 heterocycles. The molecule has 0 radical (unpaired) electrons. The van der Waals surface area contributed by atoms with Crippen LogP contribution in [-0.2, 0) is 0 Å². The molecular weight excluding hydrogens is 282 g/mol. The molecule has 0 unspecified atom stereocenters. The van der Waals surface area contributed by atoms with Crippen molar-refractivity contribution in [1.82, 2.24) is 4.90 Å². The van der Waals surface area contributed by atoms with Crippen LogP contribution in [0.2, 0.25) is 0 Å². The molecule has 4 heteroatoms. The molecule has 0 fully saturated rings. The SMILES string of the molecule is CC[C@H](CCBr)N1C(=O)c2ccccc2C1=O. The first-order valence-corrected chi connectivity index (χ1v) is 6.85. The first-order valence-electron chi connectivity index (χ1n) is 5.73. The van der Waals surface area contributed by atoms with E-state index in [9.17, 15) is 9.59 Å². The number of hydrogen-bond acceptors (Lipinski definition) is 2. The van der Waals surface area contributed by atoms with Crippen molar-refractivity contribution in [2.45, 2.75) is 25.8 Å². The van der Waals surface area contributed by atoms with Gasteiger partial charge in [0.2, 0.25) is 0 Å². The average molecular weight is 296 g/mol. The molecule has 1 aromatic carbocycles. The van der Waals surface area contributed by atoms with Crippen molar-refractivity contribution in [3.8, 4) is 0 Å². The highest BCUT2D eigenvalue weighted by atomic mass is 79.9. The molecule has 0 aliphatic carbocycles. The van der Waals surface area contributed by atoms with Gasteiger partial charge in [0.1, 0.15) is 0 Å². The molecule has 1 aliphatic heterocycles. The lowest BCUT2D eigenvalue weighted by atomic mass is 10.1. The Labute approximate surface area is 109 Å². The summed E-state index contributed by atoms with van der Waals surface area (Å²) >= 11 is 3.36. The fraction of sp³-hybridized carbons (Fsp3) is 0.385. The van der Waals surface area contributed by atoms with Gasteiger partial charge in [-0.25, -0.2) is 0 Å². The van der Waals surface area contributed by atoms with E-state index in [4.69, 9.17) is 0 Å². The predicted molar refractivity (Wildman–Crippen MR) is 69.4 cm³/mol. The van der Waals surface area contributed by atoms with Gasteiger partial charge in [0.05, 0.1) is 11.1 Å². The second kappa shape index (κ2) is 5.00. The minimum absolute atomic E-state index is 0.0122. The van der Waals surface area contributed by atoms with E-state index in [1.54, 1.807) is 24.3 Å². The number of fused-ring (bicyclic) bond motifs is 1. The molecule has 0 saturated heterocycles. The maximum atomic E-state index is 12.2. The van der Waals surface area contributed by atoms with Crippen molar-refractivity contribution in [1.29, 1.82) is 0 Å². The minimum Gasteiger partial charge on any atom is -0.271 e. The van der Waals surface area contributed by atoms with Gasteiger partial charge in [-0.2, -0.15) is 0 Å². The molecule has 3 nitrogen and oxygen atoms in total. The second-order valence-corrected chi connectivity index (χ2v) is 4.86. The lowest BCUT2D eigenvalue weighted by Crippen LogP contribution is -2.39. The Kier molecular flexibility index (Phi) is 3.62. The lowest BCUT2D eigenvalue weighted by Gasteiger charge is -2.24. The van der Waals surface area contributed by atoms with Crippen LogP contribution in [-0.4, -0.2) is 28.1 Å². The van der Waals surface area contributed by atoms with Crippen LogP contribution in [0, 0.1) is 0 Å². The van der Waals surface area contributed by atoms with E-state index in [2.05, 4.69) is 15.9 Å². The van der Waals surface area contributed by atoms with Crippen molar-refractivity contribution in [2.24, 2.45) is 0 Å². The lowest BCUT2D eigenvalue weighted by molar-refractivity contribution is 0.0577. The van der Waals surface area contributed by atoms with Gasteiger partial charge >= 0.3 is 0 Å². The van der Waals surface area contributed by atoms with E-state index in [0.717, 1.165) is 18.2 Å². The van der Waals surface area contributed by atoms with Gasteiger partial charge in [-0.3, -0.25) is 14.5 Å². The molecule has 1 atom stereocenters. The van der Waals surface area contributed by atoms with Crippen molar-refractivity contribution in [3.05, 3.63) is 35.4 Å².